The van der Waals surface area contributed by atoms with Gasteiger partial charge in [-0.2, -0.15) is 0 Å². The summed E-state index contributed by atoms with van der Waals surface area (Å²) in [6, 6.07) is 16.0. The van der Waals surface area contributed by atoms with Gasteiger partial charge in [0.1, 0.15) is 12.4 Å². The second-order valence-electron chi connectivity index (χ2n) is 7.35. The molecule has 2 aromatic rings. The number of hydrogen-bond acceptors (Lipinski definition) is 3. The third kappa shape index (κ3) is 6.50. The highest BCUT2D eigenvalue weighted by atomic mass is 16.5. The maximum Gasteiger partial charge on any atom is 0.120 e. The molecule has 0 fully saturated rings. The lowest BCUT2D eigenvalue weighted by Gasteiger charge is -2.24. The highest BCUT2D eigenvalue weighted by Gasteiger charge is 2.20. The predicted octanol–water partition coefficient (Wildman–Crippen LogP) is 5.88. The molecule has 0 aliphatic heterocycles. The van der Waals surface area contributed by atoms with Crippen LogP contribution in [-0.4, -0.2) is 15.8 Å². The summed E-state index contributed by atoms with van der Waals surface area (Å²) >= 11 is 0. The summed E-state index contributed by atoms with van der Waals surface area (Å²) in [7, 11) is 0. The van der Waals surface area contributed by atoms with E-state index in [1.54, 1.807) is 0 Å². The lowest BCUT2D eigenvalue weighted by atomic mass is 9.90. The first-order valence-electron chi connectivity index (χ1n) is 10.4. The molecule has 0 amide bonds. The first kappa shape index (κ1) is 22.2. The Morgan fingerprint density at radius 1 is 1.00 bits per heavy atom. The van der Waals surface area contributed by atoms with Gasteiger partial charge >= 0.3 is 0 Å². The Labute approximate surface area is 169 Å². The first-order chi connectivity index (χ1) is 13.5. The minimum atomic E-state index is -0.547. The van der Waals surface area contributed by atoms with Crippen LogP contribution in [0.25, 0.3) is 5.57 Å². The van der Waals surface area contributed by atoms with Crippen LogP contribution in [-0.2, 0) is 13.2 Å². The van der Waals surface area contributed by atoms with E-state index in [-0.39, 0.29) is 6.61 Å². The van der Waals surface area contributed by atoms with Gasteiger partial charge in [-0.1, -0.05) is 57.2 Å². The van der Waals surface area contributed by atoms with Crippen molar-refractivity contribution in [3.8, 4) is 5.75 Å². The number of aliphatic hydroxyl groups is 2. The van der Waals surface area contributed by atoms with Gasteiger partial charge in [0.15, 0.2) is 0 Å². The topological polar surface area (TPSA) is 49.7 Å². The van der Waals surface area contributed by atoms with E-state index < -0.39 is 5.60 Å². The van der Waals surface area contributed by atoms with Crippen LogP contribution in [0.5, 0.6) is 5.75 Å². The van der Waals surface area contributed by atoms with E-state index in [9.17, 15) is 10.2 Å². The highest BCUT2D eigenvalue weighted by molar-refractivity contribution is 5.65. The average molecular weight is 383 g/mol. The fourth-order valence-electron chi connectivity index (χ4n) is 3.35. The summed E-state index contributed by atoms with van der Waals surface area (Å²) in [6.07, 6.45) is 6.50. The number of aliphatic hydroxyl groups excluding tert-OH is 1. The fraction of sp³-hybridized carbons (Fsp3) is 0.440. The van der Waals surface area contributed by atoms with Gasteiger partial charge in [-0.25, -0.2) is 0 Å². The molecule has 3 heteroatoms. The summed E-state index contributed by atoms with van der Waals surface area (Å²) in [5.74, 6) is 0.765. The third-order valence-electron chi connectivity index (χ3n) is 5.48. The molecule has 0 unspecified atom stereocenters. The molecule has 152 valence electrons. The Morgan fingerprint density at radius 2 is 1.71 bits per heavy atom. The van der Waals surface area contributed by atoms with E-state index in [1.807, 2.05) is 38.1 Å². The van der Waals surface area contributed by atoms with E-state index in [2.05, 4.69) is 37.3 Å². The third-order valence-corrected chi connectivity index (χ3v) is 5.48. The van der Waals surface area contributed by atoms with E-state index in [4.69, 9.17) is 4.74 Å². The van der Waals surface area contributed by atoms with Gasteiger partial charge in [0.25, 0.3) is 0 Å². The van der Waals surface area contributed by atoms with Crippen LogP contribution in [0.4, 0.5) is 0 Å². The lowest BCUT2D eigenvalue weighted by Crippen LogP contribution is -2.25. The SMILES string of the molecule is CC/C(=C/CCC(O)(CC)CC)c1cccc(COc2cccc(CO)c2)c1. The van der Waals surface area contributed by atoms with Crippen LogP contribution < -0.4 is 4.74 Å². The van der Waals surface area contributed by atoms with Crippen molar-refractivity contribution >= 4 is 5.57 Å². The molecule has 2 N–H and O–H groups in total. The summed E-state index contributed by atoms with van der Waals surface area (Å²) < 4.78 is 5.89. The maximum absolute atomic E-state index is 10.5. The van der Waals surface area contributed by atoms with Gasteiger partial charge in [0.05, 0.1) is 12.2 Å². The van der Waals surface area contributed by atoms with Crippen LogP contribution in [0, 0.1) is 0 Å². The molecule has 2 rings (SSSR count). The first-order valence-corrected chi connectivity index (χ1v) is 10.4. The number of rotatable bonds is 11. The van der Waals surface area contributed by atoms with Crippen LogP contribution >= 0.6 is 0 Å². The predicted molar refractivity (Wildman–Crippen MR) is 116 cm³/mol. The Morgan fingerprint density at radius 3 is 2.39 bits per heavy atom. The van der Waals surface area contributed by atoms with Crippen LogP contribution in [0.3, 0.4) is 0 Å². The number of allylic oxidation sites excluding steroid dienone is 2. The monoisotopic (exact) mass is 382 g/mol. The van der Waals surface area contributed by atoms with Crippen molar-refractivity contribution in [3.63, 3.8) is 0 Å². The van der Waals surface area contributed by atoms with E-state index in [1.165, 1.54) is 11.1 Å². The minimum Gasteiger partial charge on any atom is -0.489 e. The van der Waals surface area contributed by atoms with Gasteiger partial charge in [0, 0.05) is 0 Å². The molecule has 28 heavy (non-hydrogen) atoms. The van der Waals surface area contributed by atoms with E-state index in [0.29, 0.717) is 6.61 Å². The average Bonchev–Trinajstić information content (AvgIpc) is 2.75. The summed E-state index contributed by atoms with van der Waals surface area (Å²) in [6.45, 7) is 6.77. The molecule has 0 heterocycles. The zero-order chi connectivity index (χ0) is 20.4. The van der Waals surface area contributed by atoms with Crippen LogP contribution in [0.15, 0.2) is 54.6 Å². The Kier molecular flexibility index (Phi) is 8.75. The number of benzene rings is 2. The molecule has 0 atom stereocenters. The van der Waals surface area contributed by atoms with Crippen molar-refractivity contribution in [1.29, 1.82) is 0 Å². The molecule has 0 spiro atoms. The van der Waals surface area contributed by atoms with Crippen LogP contribution in [0.1, 0.15) is 69.6 Å². The molecule has 0 aliphatic rings. The van der Waals surface area contributed by atoms with Gasteiger partial charge < -0.3 is 14.9 Å². The molecule has 0 saturated carbocycles. The largest absolute Gasteiger partial charge is 0.489 e. The normalized spacial score (nSPS) is 12.2. The molecular formula is C25H34O3. The Bertz CT molecular complexity index is 760. The summed E-state index contributed by atoms with van der Waals surface area (Å²) in [5, 5.41) is 19.7. The number of ether oxygens (including phenoxy) is 1. The molecule has 0 saturated heterocycles. The molecule has 3 nitrogen and oxygen atoms in total. The van der Waals surface area contributed by atoms with Crippen molar-refractivity contribution in [2.45, 2.75) is 71.7 Å². The van der Waals surface area contributed by atoms with E-state index in [0.717, 1.165) is 49.0 Å². The molecule has 0 radical (unpaired) electrons. The smallest absolute Gasteiger partial charge is 0.120 e. The van der Waals surface area contributed by atoms with Crippen molar-refractivity contribution in [3.05, 3.63) is 71.3 Å². The Balaban J connectivity index is 2.04. The standard InChI is InChI=1S/C25H34O3/c1-4-22(13-9-15-25(27,5-2)6-3)23-12-7-11-21(16-23)19-28-24-14-8-10-20(17-24)18-26/h7-8,10-14,16-17,26-27H,4-6,9,15,18-19H2,1-3H3/b22-13-. The summed E-state index contributed by atoms with van der Waals surface area (Å²) in [5.41, 5.74) is 3.93. The van der Waals surface area contributed by atoms with E-state index >= 15 is 0 Å². The molecule has 0 aromatic heterocycles. The highest BCUT2D eigenvalue weighted by Crippen LogP contribution is 2.25. The van der Waals surface area contributed by atoms with Crippen molar-refractivity contribution in [2.75, 3.05) is 0 Å². The van der Waals surface area contributed by atoms with Crippen molar-refractivity contribution < 1.29 is 14.9 Å². The second kappa shape index (κ2) is 11.0. The number of hydrogen-bond donors (Lipinski definition) is 2. The fourth-order valence-corrected chi connectivity index (χ4v) is 3.35. The van der Waals surface area contributed by atoms with Gasteiger partial charge in [0.2, 0.25) is 0 Å². The lowest BCUT2D eigenvalue weighted by molar-refractivity contribution is 0.0246. The minimum absolute atomic E-state index is 0.0164. The zero-order valence-corrected chi connectivity index (χ0v) is 17.4. The molecule has 0 bridgehead atoms. The van der Waals surface area contributed by atoms with Crippen molar-refractivity contribution in [1.82, 2.24) is 0 Å². The van der Waals surface area contributed by atoms with Gasteiger partial charge in [-0.05, 0) is 72.6 Å². The molecule has 0 aliphatic carbocycles. The van der Waals surface area contributed by atoms with Gasteiger partial charge in [-0.3, -0.25) is 0 Å². The molecular weight excluding hydrogens is 348 g/mol. The molecule has 2 aromatic carbocycles. The Hall–Kier alpha value is -2.10. The summed E-state index contributed by atoms with van der Waals surface area (Å²) in [4.78, 5) is 0. The van der Waals surface area contributed by atoms with Crippen molar-refractivity contribution in [2.24, 2.45) is 0 Å². The maximum atomic E-state index is 10.5. The van der Waals surface area contributed by atoms with Crippen LogP contribution in [0.2, 0.25) is 0 Å². The zero-order valence-electron chi connectivity index (χ0n) is 17.4. The quantitative estimate of drug-likeness (QED) is 0.510. The van der Waals surface area contributed by atoms with Gasteiger partial charge in [-0.15, -0.1) is 0 Å². The second-order valence-corrected chi connectivity index (χ2v) is 7.35.